The van der Waals surface area contributed by atoms with Gasteiger partial charge in [-0.25, -0.2) is 0 Å². The van der Waals surface area contributed by atoms with Crippen molar-refractivity contribution in [3.63, 3.8) is 0 Å². The van der Waals surface area contributed by atoms with Gasteiger partial charge in [0.2, 0.25) is 0 Å². The average Bonchev–Trinajstić information content (AvgIpc) is 1.10. The largest absolute Gasteiger partial charge is 0.311 e. The number of hydrogen-bond donors (Lipinski definition) is 0. The summed E-state index contributed by atoms with van der Waals surface area (Å²) in [6.07, 6.45) is 0. The molecule has 0 saturated carbocycles. The first kappa shape index (κ1) is 49.6. The molecule has 2 aliphatic rings. The molecule has 0 unspecified atom stereocenters. The number of aromatic nitrogens is 1. The van der Waals surface area contributed by atoms with E-state index >= 15 is 0 Å². The Bertz CT molecular complexity index is 4860. The molecule has 4 heteroatoms. The highest BCUT2D eigenvalue weighted by molar-refractivity contribution is 7.00. The summed E-state index contributed by atoms with van der Waals surface area (Å²) in [6.45, 7) is 40.6. The summed E-state index contributed by atoms with van der Waals surface area (Å²) in [6, 6.07) is 55.5. The molecule has 0 N–H and O–H groups in total. The highest BCUT2D eigenvalue weighted by Crippen LogP contribution is 2.47. The number of benzene rings is 10. The van der Waals surface area contributed by atoms with Crippen molar-refractivity contribution in [2.75, 3.05) is 9.80 Å². The van der Waals surface area contributed by atoms with E-state index in [1.807, 2.05) is 6.07 Å². The molecule has 10 aromatic carbocycles. The summed E-state index contributed by atoms with van der Waals surface area (Å²) in [5, 5.41) is 0.0711. The van der Waals surface area contributed by atoms with E-state index in [4.69, 9.17) is 5.48 Å². The molecular weight excluding hydrogens is 1060 g/mol. The van der Waals surface area contributed by atoms with Crippen molar-refractivity contribution in [3.05, 3.63) is 239 Å². The quantitative estimate of drug-likeness (QED) is 0.154. The van der Waals surface area contributed by atoms with Crippen molar-refractivity contribution in [2.45, 2.75) is 157 Å². The van der Waals surface area contributed by atoms with Gasteiger partial charge in [0, 0.05) is 50.6 Å². The van der Waals surface area contributed by atoms with Crippen LogP contribution in [-0.4, -0.2) is 11.3 Å². The maximum Gasteiger partial charge on any atom is 0.252 e. The van der Waals surface area contributed by atoms with Gasteiger partial charge in [-0.15, -0.1) is 0 Å². The first-order valence-corrected chi connectivity index (χ1v) is 31.4. The number of anilines is 6. The Labute approximate surface area is 537 Å². The Morgan fingerprint density at radius 2 is 0.648 bits per heavy atom. The van der Waals surface area contributed by atoms with Gasteiger partial charge in [-0.2, -0.15) is 0 Å². The monoisotopic (exact) mass is 1160 g/mol. The molecule has 13 rings (SSSR count). The first-order valence-electron chi connectivity index (χ1n) is 35.4. The smallest absolute Gasteiger partial charge is 0.252 e. The lowest BCUT2D eigenvalue weighted by Gasteiger charge is -2.44. The first-order chi connectivity index (χ1) is 44.7. The summed E-state index contributed by atoms with van der Waals surface area (Å²) < 4.78 is 75.3. The van der Waals surface area contributed by atoms with E-state index in [1.54, 1.807) is 4.57 Å². The fourth-order valence-electron chi connectivity index (χ4n) is 13.1. The summed E-state index contributed by atoms with van der Waals surface area (Å²) in [7, 11) is 0. The van der Waals surface area contributed by atoms with E-state index in [0.717, 1.165) is 78.3 Å². The Kier molecular flexibility index (Phi) is 11.6. The molecule has 0 amide bonds. The Balaban J connectivity index is 1.10. The second-order valence-corrected chi connectivity index (χ2v) is 31.1. The number of para-hydroxylation sites is 2. The van der Waals surface area contributed by atoms with Crippen LogP contribution in [0.1, 0.15) is 169 Å². The van der Waals surface area contributed by atoms with Crippen LogP contribution in [0.15, 0.2) is 206 Å². The molecule has 0 atom stereocenters. The minimum absolute atomic E-state index is 0.0356. The molecule has 0 aliphatic carbocycles. The lowest BCUT2D eigenvalue weighted by Crippen LogP contribution is -2.61. The summed E-state index contributed by atoms with van der Waals surface area (Å²) in [4.78, 5) is 4.75. The molecule has 0 spiro atoms. The van der Waals surface area contributed by atoms with E-state index in [0.29, 0.717) is 5.69 Å². The van der Waals surface area contributed by atoms with Crippen LogP contribution in [0.2, 0.25) is 0 Å². The summed E-state index contributed by atoms with van der Waals surface area (Å²) in [5.74, 6) is 0. The van der Waals surface area contributed by atoms with Gasteiger partial charge in [0.25, 0.3) is 6.71 Å². The van der Waals surface area contributed by atoms with E-state index in [9.17, 15) is 5.48 Å². The van der Waals surface area contributed by atoms with Crippen LogP contribution in [0, 0.1) is 0 Å². The molecule has 11 aromatic rings. The lowest BCUT2D eigenvalue weighted by molar-refractivity contribution is 0.568. The molecule has 2 aliphatic heterocycles. The Hall–Kier alpha value is -8.34. The normalized spacial score (nSPS) is 15.0. The van der Waals surface area contributed by atoms with Crippen LogP contribution in [0.3, 0.4) is 0 Å². The standard InChI is InChI=1S/C84H88BN3/c1-79(2,3)59-42-56(43-60(49-59)80(4,5)6)53-30-35-65(36-31-53)86-74-41-34-55(58-46-63(83(13,14)15)51-64(47-58)84(16,17)18)48-71(74)85-70-40-39-67(88-72-26-21-19-24-68(72)69-25-20-22-27-73(69)88)52-77(70)87(76-29-23-28-75(86)78(76)85)66-37-32-54(33-38-66)57-44-61(81(7,8)9)50-62(45-57)82(10,11)12/h19-52H,1-18H3/i19D,20D,21D,22D,24D,25D,26D,27D. The van der Waals surface area contributed by atoms with Crippen molar-refractivity contribution in [2.24, 2.45) is 0 Å². The zero-order chi connectivity index (χ0) is 69.3. The highest BCUT2D eigenvalue weighted by Gasteiger charge is 2.44. The van der Waals surface area contributed by atoms with E-state index in [1.165, 1.54) is 38.9 Å². The van der Waals surface area contributed by atoms with Crippen LogP contribution in [-0.2, 0) is 32.5 Å². The zero-order valence-corrected chi connectivity index (χ0v) is 54.9. The van der Waals surface area contributed by atoms with E-state index in [-0.39, 0.29) is 85.2 Å². The molecule has 0 bridgehead atoms. The predicted molar refractivity (Wildman–Crippen MR) is 383 cm³/mol. The third-order valence-corrected chi connectivity index (χ3v) is 18.5. The highest BCUT2D eigenvalue weighted by atomic mass is 15.2. The fraction of sp³-hybridized carbons (Fsp3) is 0.286. The van der Waals surface area contributed by atoms with Crippen molar-refractivity contribution in [1.29, 1.82) is 0 Å². The van der Waals surface area contributed by atoms with Crippen LogP contribution in [0.4, 0.5) is 34.1 Å². The van der Waals surface area contributed by atoms with E-state index in [2.05, 4.69) is 286 Å². The molecule has 0 radical (unpaired) electrons. The van der Waals surface area contributed by atoms with Gasteiger partial charge in [0.15, 0.2) is 0 Å². The number of hydrogen-bond acceptors (Lipinski definition) is 2. The van der Waals surface area contributed by atoms with Crippen molar-refractivity contribution >= 4 is 79.0 Å². The number of rotatable bonds is 6. The average molecular weight is 1160 g/mol. The third-order valence-electron chi connectivity index (χ3n) is 18.5. The molecule has 442 valence electrons. The van der Waals surface area contributed by atoms with Gasteiger partial charge in [-0.05, 0) is 182 Å². The second kappa shape index (κ2) is 20.6. The van der Waals surface area contributed by atoms with Crippen LogP contribution < -0.4 is 26.2 Å². The maximum absolute atomic E-state index is 9.56. The Morgan fingerprint density at radius 3 is 1.05 bits per heavy atom. The van der Waals surface area contributed by atoms with Gasteiger partial charge in [0.05, 0.1) is 22.0 Å². The zero-order valence-electron chi connectivity index (χ0n) is 62.9. The van der Waals surface area contributed by atoms with Gasteiger partial charge >= 0.3 is 0 Å². The van der Waals surface area contributed by atoms with Crippen LogP contribution in [0.25, 0.3) is 60.9 Å². The third kappa shape index (κ3) is 10.4. The van der Waals surface area contributed by atoms with Gasteiger partial charge in [0.1, 0.15) is 0 Å². The van der Waals surface area contributed by atoms with Gasteiger partial charge < -0.3 is 14.4 Å². The van der Waals surface area contributed by atoms with Crippen LogP contribution >= 0.6 is 0 Å². The second-order valence-electron chi connectivity index (χ2n) is 31.1. The van der Waals surface area contributed by atoms with Gasteiger partial charge in [-0.1, -0.05) is 264 Å². The van der Waals surface area contributed by atoms with Crippen LogP contribution in [0.5, 0.6) is 0 Å². The topological polar surface area (TPSA) is 11.4 Å². The molecule has 3 nitrogen and oxygen atoms in total. The Morgan fingerprint density at radius 1 is 0.295 bits per heavy atom. The number of fused-ring (bicyclic) bond motifs is 7. The summed E-state index contributed by atoms with van der Waals surface area (Å²) in [5.41, 5.74) is 23.3. The molecular formula is C84H88BN3. The predicted octanol–water partition coefficient (Wildman–Crippen LogP) is 21.7. The molecule has 1 aromatic heterocycles. The van der Waals surface area contributed by atoms with E-state index < -0.39 is 24.2 Å². The summed E-state index contributed by atoms with van der Waals surface area (Å²) >= 11 is 0. The molecule has 0 fully saturated rings. The SMILES string of the molecule is [2H]c1c([2H])c([2H])c2c(c1[2H])c1c([2H])c([2H])c([2H])c([2H])c1n2-c1ccc2c(c1)N(c1ccc(-c3cc(C(C)(C)C)cc(C(C)(C)C)c3)cc1)c1cccc3c1B2c1cc(-c2cc(C(C)(C)C)cc(C(C)(C)C)c2)ccc1N3c1ccc(-c2cc(C(C)(C)C)cc(C(C)(C)C)c2)cc1. The fourth-order valence-corrected chi connectivity index (χ4v) is 13.1. The minimum Gasteiger partial charge on any atom is -0.311 e. The van der Waals surface area contributed by atoms with Crippen molar-refractivity contribution in [1.82, 2.24) is 4.57 Å². The van der Waals surface area contributed by atoms with Gasteiger partial charge in [-0.3, -0.25) is 0 Å². The molecule has 0 saturated heterocycles. The minimum atomic E-state index is -0.480. The number of nitrogens with zero attached hydrogens (tertiary/aromatic N) is 3. The van der Waals surface area contributed by atoms with Crippen molar-refractivity contribution < 1.29 is 11.0 Å². The lowest BCUT2D eigenvalue weighted by atomic mass is 9.33. The molecule has 88 heavy (non-hydrogen) atoms. The molecule has 3 heterocycles. The van der Waals surface area contributed by atoms with Crippen molar-refractivity contribution in [3.8, 4) is 39.1 Å². The maximum atomic E-state index is 9.56.